The normalized spacial score (nSPS) is 12.7. The Morgan fingerprint density at radius 2 is 2.00 bits per heavy atom. The molecule has 18 heavy (non-hydrogen) atoms. The largest absolute Gasteiger partial charge is 0.382 e. The smallest absolute Gasteiger partial charge is 0.121 e. The molecule has 3 nitrogen and oxygen atoms in total. The fourth-order valence-corrected chi connectivity index (χ4v) is 2.13. The van der Waals surface area contributed by atoms with Crippen molar-refractivity contribution in [2.75, 3.05) is 0 Å². The van der Waals surface area contributed by atoms with Crippen LogP contribution in [0.1, 0.15) is 30.0 Å². The van der Waals surface area contributed by atoms with Crippen LogP contribution in [0.2, 0.25) is 10.0 Å². The quantitative estimate of drug-likeness (QED) is 0.939. The molecule has 0 amide bonds. The summed E-state index contributed by atoms with van der Waals surface area (Å²) in [5.74, 6) is 0. The molecule has 1 unspecified atom stereocenters. The first kappa shape index (κ1) is 13.4. The second-order valence-corrected chi connectivity index (χ2v) is 4.93. The highest BCUT2D eigenvalue weighted by Gasteiger charge is 2.16. The topological polar surface area (TPSA) is 38.0 Å². The highest BCUT2D eigenvalue weighted by Crippen LogP contribution is 2.28. The lowest BCUT2D eigenvalue weighted by Gasteiger charge is -2.12. The van der Waals surface area contributed by atoms with Crippen LogP contribution < -0.4 is 0 Å². The minimum Gasteiger partial charge on any atom is -0.382 e. The number of benzene rings is 1. The number of aliphatic hydroxyl groups is 1. The van der Waals surface area contributed by atoms with Crippen molar-refractivity contribution >= 4 is 23.2 Å². The Morgan fingerprint density at radius 3 is 2.56 bits per heavy atom. The first-order valence-electron chi connectivity index (χ1n) is 5.68. The van der Waals surface area contributed by atoms with Crippen LogP contribution in [0, 0.1) is 0 Å². The average Bonchev–Trinajstić information content (AvgIpc) is 2.73. The van der Waals surface area contributed by atoms with Gasteiger partial charge >= 0.3 is 0 Å². The van der Waals surface area contributed by atoms with E-state index in [1.54, 1.807) is 22.9 Å². The number of aryl methyl sites for hydroxylation is 2. The predicted octanol–water partition coefficient (Wildman–Crippen LogP) is 3.37. The Hall–Kier alpha value is -1.03. The van der Waals surface area contributed by atoms with Crippen LogP contribution in [0.3, 0.4) is 0 Å². The molecule has 0 aliphatic rings. The Balaban J connectivity index is 2.37. The molecular weight excluding hydrogens is 271 g/mol. The maximum Gasteiger partial charge on any atom is 0.121 e. The molecule has 0 bridgehead atoms. The van der Waals surface area contributed by atoms with E-state index in [9.17, 15) is 5.11 Å². The van der Waals surface area contributed by atoms with Crippen molar-refractivity contribution in [2.45, 2.75) is 19.4 Å². The highest BCUT2D eigenvalue weighted by molar-refractivity contribution is 6.42. The molecular formula is C13H14Cl2N2O. The lowest BCUT2D eigenvalue weighted by atomic mass is 10.1. The zero-order valence-electron chi connectivity index (χ0n) is 10.2. The summed E-state index contributed by atoms with van der Waals surface area (Å²) in [4.78, 5) is 0. The molecule has 1 aromatic heterocycles. The van der Waals surface area contributed by atoms with Crippen LogP contribution in [0.15, 0.2) is 24.3 Å². The van der Waals surface area contributed by atoms with Crippen molar-refractivity contribution in [3.8, 4) is 0 Å². The third kappa shape index (κ3) is 2.53. The van der Waals surface area contributed by atoms with Gasteiger partial charge in [0.05, 0.1) is 21.4 Å². The molecule has 0 fully saturated rings. The summed E-state index contributed by atoms with van der Waals surface area (Å²) >= 11 is 11.8. The molecule has 0 spiro atoms. The van der Waals surface area contributed by atoms with Crippen molar-refractivity contribution in [1.29, 1.82) is 0 Å². The summed E-state index contributed by atoms with van der Waals surface area (Å²) in [5.41, 5.74) is 2.40. The molecule has 5 heteroatoms. The monoisotopic (exact) mass is 284 g/mol. The van der Waals surface area contributed by atoms with Crippen molar-refractivity contribution in [2.24, 2.45) is 7.05 Å². The molecule has 2 aromatic rings. The summed E-state index contributed by atoms with van der Waals surface area (Å²) in [6, 6.07) is 7.01. The molecule has 0 aliphatic heterocycles. The van der Waals surface area contributed by atoms with Crippen molar-refractivity contribution in [3.63, 3.8) is 0 Å². The summed E-state index contributed by atoms with van der Waals surface area (Å²) in [7, 11) is 1.81. The van der Waals surface area contributed by atoms with Crippen LogP contribution in [0.5, 0.6) is 0 Å². The van der Waals surface area contributed by atoms with Crippen LogP contribution in [0.25, 0.3) is 0 Å². The van der Waals surface area contributed by atoms with E-state index in [1.165, 1.54) is 0 Å². The second-order valence-electron chi connectivity index (χ2n) is 4.11. The zero-order valence-corrected chi connectivity index (χ0v) is 11.7. The number of nitrogens with zero attached hydrogens (tertiary/aromatic N) is 2. The number of hydrogen-bond donors (Lipinski definition) is 1. The van der Waals surface area contributed by atoms with Crippen LogP contribution in [-0.4, -0.2) is 14.9 Å². The third-order valence-corrected chi connectivity index (χ3v) is 3.61. The van der Waals surface area contributed by atoms with Gasteiger partial charge in [0.25, 0.3) is 0 Å². The summed E-state index contributed by atoms with van der Waals surface area (Å²) < 4.78 is 1.69. The Morgan fingerprint density at radius 1 is 1.28 bits per heavy atom. The van der Waals surface area contributed by atoms with Gasteiger partial charge in [-0.05, 0) is 30.2 Å². The molecule has 0 radical (unpaired) electrons. The maximum absolute atomic E-state index is 10.3. The Bertz CT molecular complexity index is 566. The van der Waals surface area contributed by atoms with Crippen LogP contribution >= 0.6 is 23.2 Å². The molecule has 96 valence electrons. The van der Waals surface area contributed by atoms with E-state index in [2.05, 4.69) is 5.10 Å². The fraction of sp³-hybridized carbons (Fsp3) is 0.308. The standard InChI is InChI=1S/C13H14Cl2N2O/c1-3-9-7-12(17(2)16-9)13(18)8-4-5-10(14)11(15)6-8/h4-7,13,18H,3H2,1-2H3. The highest BCUT2D eigenvalue weighted by atomic mass is 35.5. The number of rotatable bonds is 3. The van der Waals surface area contributed by atoms with Crippen LogP contribution in [0.4, 0.5) is 0 Å². The van der Waals surface area contributed by atoms with E-state index >= 15 is 0 Å². The van der Waals surface area contributed by atoms with E-state index in [4.69, 9.17) is 23.2 Å². The SMILES string of the molecule is CCc1cc(C(O)c2ccc(Cl)c(Cl)c2)n(C)n1. The molecule has 1 N–H and O–H groups in total. The lowest BCUT2D eigenvalue weighted by molar-refractivity contribution is 0.210. The number of hydrogen-bond acceptors (Lipinski definition) is 2. The van der Waals surface area contributed by atoms with E-state index in [-0.39, 0.29) is 0 Å². The van der Waals surface area contributed by atoms with Gasteiger partial charge in [0.15, 0.2) is 0 Å². The Labute approximate surface area is 116 Å². The van der Waals surface area contributed by atoms with Gasteiger partial charge in [0.2, 0.25) is 0 Å². The minimum absolute atomic E-state index is 0.436. The van der Waals surface area contributed by atoms with Gasteiger partial charge in [-0.15, -0.1) is 0 Å². The lowest BCUT2D eigenvalue weighted by Crippen LogP contribution is -2.06. The van der Waals surface area contributed by atoms with Gasteiger partial charge < -0.3 is 5.11 Å². The van der Waals surface area contributed by atoms with Crippen LogP contribution in [-0.2, 0) is 13.5 Å². The molecule has 1 heterocycles. The number of halogens is 2. The maximum atomic E-state index is 10.3. The zero-order chi connectivity index (χ0) is 13.3. The average molecular weight is 285 g/mol. The van der Waals surface area contributed by atoms with E-state index < -0.39 is 6.10 Å². The van der Waals surface area contributed by atoms with Crippen molar-refractivity contribution in [1.82, 2.24) is 9.78 Å². The summed E-state index contributed by atoms with van der Waals surface area (Å²) in [5, 5.41) is 15.6. The van der Waals surface area contributed by atoms with Gasteiger partial charge in [-0.3, -0.25) is 4.68 Å². The van der Waals surface area contributed by atoms with Gasteiger partial charge in [0.1, 0.15) is 6.10 Å². The van der Waals surface area contributed by atoms with Gasteiger partial charge in [-0.2, -0.15) is 5.10 Å². The Kier molecular flexibility index (Phi) is 3.95. The first-order valence-corrected chi connectivity index (χ1v) is 6.44. The molecule has 1 atom stereocenters. The summed E-state index contributed by atoms with van der Waals surface area (Å²) in [6.45, 7) is 2.03. The van der Waals surface area contributed by atoms with E-state index in [0.717, 1.165) is 17.8 Å². The summed E-state index contributed by atoms with van der Waals surface area (Å²) in [6.07, 6.45) is 0.0830. The molecule has 2 rings (SSSR count). The fourth-order valence-electron chi connectivity index (χ4n) is 1.83. The minimum atomic E-state index is -0.752. The number of aromatic nitrogens is 2. The third-order valence-electron chi connectivity index (χ3n) is 2.87. The molecule has 1 aromatic carbocycles. The van der Waals surface area contributed by atoms with Gasteiger partial charge in [-0.1, -0.05) is 36.2 Å². The molecule has 0 saturated carbocycles. The van der Waals surface area contributed by atoms with Crippen molar-refractivity contribution < 1.29 is 5.11 Å². The molecule has 0 aliphatic carbocycles. The predicted molar refractivity (Wildman–Crippen MR) is 73.1 cm³/mol. The van der Waals surface area contributed by atoms with E-state index in [0.29, 0.717) is 15.6 Å². The first-order chi connectivity index (χ1) is 8.52. The van der Waals surface area contributed by atoms with Gasteiger partial charge in [0, 0.05) is 7.05 Å². The van der Waals surface area contributed by atoms with Gasteiger partial charge in [-0.25, -0.2) is 0 Å². The molecule has 0 saturated heterocycles. The second kappa shape index (κ2) is 5.31. The van der Waals surface area contributed by atoms with Crippen molar-refractivity contribution in [3.05, 3.63) is 51.3 Å². The number of aliphatic hydroxyl groups excluding tert-OH is 1. The van der Waals surface area contributed by atoms with E-state index in [1.807, 2.05) is 20.0 Å².